The summed E-state index contributed by atoms with van der Waals surface area (Å²) in [6.45, 7) is 0.0293. The van der Waals surface area contributed by atoms with E-state index in [0.29, 0.717) is 5.69 Å². The number of methoxy groups -OCH3 is 1. The number of halogens is 2. The summed E-state index contributed by atoms with van der Waals surface area (Å²) in [5.74, 6) is -0.484. The molecule has 0 saturated heterocycles. The van der Waals surface area contributed by atoms with Crippen LogP contribution in [0.3, 0.4) is 0 Å². The van der Waals surface area contributed by atoms with E-state index in [9.17, 15) is 13.6 Å². The molecule has 0 spiro atoms. The van der Waals surface area contributed by atoms with Crippen molar-refractivity contribution < 1.29 is 23.0 Å². The lowest BCUT2D eigenvalue weighted by atomic mass is 10.1. The number of hydrogen-bond acceptors (Lipinski definition) is 3. The number of aromatic nitrogens is 1. The minimum absolute atomic E-state index is 0.130. The van der Waals surface area contributed by atoms with E-state index in [0.717, 1.165) is 23.9 Å². The average molecular weight is 374 g/mol. The van der Waals surface area contributed by atoms with Crippen LogP contribution < -0.4 is 14.8 Å². The Labute approximate surface area is 155 Å². The first kappa shape index (κ1) is 18.7. The van der Waals surface area contributed by atoms with Crippen molar-refractivity contribution >= 4 is 22.5 Å². The van der Waals surface area contributed by atoms with Gasteiger partial charge >= 0.3 is 6.61 Å². The van der Waals surface area contributed by atoms with E-state index in [1.54, 1.807) is 0 Å². The Balaban J connectivity index is 1.81. The summed E-state index contributed by atoms with van der Waals surface area (Å²) in [6.07, 6.45) is 3.04. The number of benzene rings is 2. The average Bonchev–Trinajstić information content (AvgIpc) is 3.03. The van der Waals surface area contributed by atoms with Gasteiger partial charge in [0.15, 0.2) is 11.5 Å². The molecule has 0 saturated carbocycles. The summed E-state index contributed by atoms with van der Waals surface area (Å²) < 4.78 is 36.6. The standard InChI is InChI=1S/C20H20F2N2O3/c1-3-9-24-10-8-13-11-15(5-6-16(13)24)23-19(25)14-4-7-17(26-2)18(12-14)27-20(21)22/h4-8,10-12,20H,3,9H2,1-2H3,(H,23,25). The Bertz CT molecular complexity index is 954. The third-order valence-electron chi connectivity index (χ3n) is 4.14. The second kappa shape index (κ2) is 8.07. The molecule has 7 heteroatoms. The van der Waals surface area contributed by atoms with Gasteiger partial charge in [-0.2, -0.15) is 8.78 Å². The van der Waals surface area contributed by atoms with Gasteiger partial charge < -0.3 is 19.4 Å². The first-order chi connectivity index (χ1) is 13.0. The number of carbonyl (C=O) groups is 1. The normalized spacial score (nSPS) is 11.0. The number of anilines is 1. The smallest absolute Gasteiger partial charge is 0.387 e. The Morgan fingerprint density at radius 1 is 1.15 bits per heavy atom. The fraction of sp³-hybridized carbons (Fsp3) is 0.250. The first-order valence-electron chi connectivity index (χ1n) is 8.55. The molecule has 0 aliphatic carbocycles. The van der Waals surface area contributed by atoms with Gasteiger partial charge in [-0.25, -0.2) is 0 Å². The van der Waals surface area contributed by atoms with Crippen LogP contribution >= 0.6 is 0 Å². The second-order valence-electron chi connectivity index (χ2n) is 5.98. The van der Waals surface area contributed by atoms with Gasteiger partial charge in [0.05, 0.1) is 7.11 Å². The van der Waals surface area contributed by atoms with Crippen LogP contribution in [-0.2, 0) is 6.54 Å². The number of ether oxygens (including phenoxy) is 2. The number of alkyl halides is 2. The number of nitrogens with one attached hydrogen (secondary N) is 1. The maximum absolute atomic E-state index is 12.5. The SMILES string of the molecule is CCCn1ccc2cc(NC(=O)c3ccc(OC)c(OC(F)F)c3)ccc21. The van der Waals surface area contributed by atoms with Crippen LogP contribution in [0.2, 0.25) is 0 Å². The molecular formula is C20H20F2N2O3. The summed E-state index contributed by atoms with van der Waals surface area (Å²) in [6, 6.07) is 11.8. The quantitative estimate of drug-likeness (QED) is 0.639. The highest BCUT2D eigenvalue weighted by molar-refractivity contribution is 6.05. The van der Waals surface area contributed by atoms with E-state index in [2.05, 4.69) is 21.5 Å². The molecule has 0 fully saturated rings. The molecule has 5 nitrogen and oxygen atoms in total. The van der Waals surface area contributed by atoms with Crippen molar-refractivity contribution in [3.63, 3.8) is 0 Å². The molecular weight excluding hydrogens is 354 g/mol. The van der Waals surface area contributed by atoms with Gasteiger partial charge in [0.1, 0.15) is 0 Å². The van der Waals surface area contributed by atoms with Crippen molar-refractivity contribution in [3.8, 4) is 11.5 Å². The second-order valence-corrected chi connectivity index (χ2v) is 5.98. The van der Waals surface area contributed by atoms with Crippen LogP contribution in [-0.4, -0.2) is 24.2 Å². The van der Waals surface area contributed by atoms with Crippen LogP contribution in [0.15, 0.2) is 48.7 Å². The molecule has 1 N–H and O–H groups in total. The molecule has 27 heavy (non-hydrogen) atoms. The Kier molecular flexibility index (Phi) is 5.59. The Morgan fingerprint density at radius 3 is 2.67 bits per heavy atom. The van der Waals surface area contributed by atoms with E-state index in [1.165, 1.54) is 25.3 Å². The van der Waals surface area contributed by atoms with E-state index in [1.807, 2.05) is 30.5 Å². The highest BCUT2D eigenvalue weighted by Gasteiger charge is 2.15. The summed E-state index contributed by atoms with van der Waals surface area (Å²) in [5.41, 5.74) is 1.90. The minimum Gasteiger partial charge on any atom is -0.493 e. The van der Waals surface area contributed by atoms with Gasteiger partial charge in [-0.3, -0.25) is 4.79 Å². The van der Waals surface area contributed by atoms with E-state index < -0.39 is 12.5 Å². The molecule has 1 heterocycles. The van der Waals surface area contributed by atoms with Crippen LogP contribution in [0.1, 0.15) is 23.7 Å². The number of amides is 1. The van der Waals surface area contributed by atoms with Crippen LogP contribution in [0.5, 0.6) is 11.5 Å². The molecule has 0 aliphatic heterocycles. The molecule has 1 aromatic heterocycles. The van der Waals surface area contributed by atoms with Crippen LogP contribution in [0.25, 0.3) is 10.9 Å². The van der Waals surface area contributed by atoms with Gasteiger partial charge in [-0.1, -0.05) is 6.92 Å². The maximum atomic E-state index is 12.5. The molecule has 0 atom stereocenters. The summed E-state index contributed by atoms with van der Waals surface area (Å²) >= 11 is 0. The van der Waals surface area contributed by atoms with Crippen molar-refractivity contribution in [2.45, 2.75) is 26.5 Å². The number of fused-ring (bicyclic) bond motifs is 1. The van der Waals surface area contributed by atoms with Gasteiger partial charge in [0.2, 0.25) is 0 Å². The summed E-state index contributed by atoms with van der Waals surface area (Å²) in [5, 5.41) is 3.79. The molecule has 0 radical (unpaired) electrons. The molecule has 2 aromatic carbocycles. The lowest BCUT2D eigenvalue weighted by Gasteiger charge is -2.12. The lowest BCUT2D eigenvalue weighted by Crippen LogP contribution is -2.13. The highest BCUT2D eigenvalue weighted by atomic mass is 19.3. The van der Waals surface area contributed by atoms with Crippen molar-refractivity contribution in [1.82, 2.24) is 4.57 Å². The number of carbonyl (C=O) groups excluding carboxylic acids is 1. The van der Waals surface area contributed by atoms with E-state index in [4.69, 9.17) is 4.74 Å². The number of rotatable bonds is 7. The monoisotopic (exact) mass is 374 g/mol. The van der Waals surface area contributed by atoms with Crippen LogP contribution in [0.4, 0.5) is 14.5 Å². The van der Waals surface area contributed by atoms with Gasteiger partial charge in [0.25, 0.3) is 5.91 Å². The third kappa shape index (κ3) is 4.19. The first-order valence-corrected chi connectivity index (χ1v) is 8.55. The zero-order valence-corrected chi connectivity index (χ0v) is 15.0. The largest absolute Gasteiger partial charge is 0.493 e. The third-order valence-corrected chi connectivity index (χ3v) is 4.14. The van der Waals surface area contributed by atoms with Gasteiger partial charge in [-0.15, -0.1) is 0 Å². The van der Waals surface area contributed by atoms with Crippen molar-refractivity contribution in [3.05, 3.63) is 54.2 Å². The number of hydrogen-bond donors (Lipinski definition) is 1. The summed E-state index contributed by atoms with van der Waals surface area (Å²) in [4.78, 5) is 12.5. The molecule has 0 unspecified atom stereocenters. The molecule has 0 aliphatic rings. The van der Waals surface area contributed by atoms with Gasteiger partial charge in [0, 0.05) is 34.9 Å². The van der Waals surface area contributed by atoms with Crippen molar-refractivity contribution in [2.75, 3.05) is 12.4 Å². The zero-order valence-electron chi connectivity index (χ0n) is 15.0. The summed E-state index contributed by atoms with van der Waals surface area (Å²) in [7, 11) is 1.34. The van der Waals surface area contributed by atoms with E-state index in [-0.39, 0.29) is 17.1 Å². The van der Waals surface area contributed by atoms with Crippen LogP contribution in [0, 0.1) is 0 Å². The van der Waals surface area contributed by atoms with Crippen molar-refractivity contribution in [2.24, 2.45) is 0 Å². The molecule has 3 aromatic rings. The predicted octanol–water partition coefficient (Wildman–Crippen LogP) is 4.91. The number of aryl methyl sites for hydroxylation is 1. The number of nitrogens with zero attached hydrogens (tertiary/aromatic N) is 1. The molecule has 0 bridgehead atoms. The van der Waals surface area contributed by atoms with Crippen molar-refractivity contribution in [1.29, 1.82) is 0 Å². The fourth-order valence-electron chi connectivity index (χ4n) is 2.92. The molecule has 1 amide bonds. The van der Waals surface area contributed by atoms with Gasteiger partial charge in [-0.05, 0) is 48.9 Å². The molecule has 3 rings (SSSR count). The zero-order chi connectivity index (χ0) is 19.4. The topological polar surface area (TPSA) is 52.5 Å². The Hall–Kier alpha value is -3.09. The van der Waals surface area contributed by atoms with E-state index >= 15 is 0 Å². The maximum Gasteiger partial charge on any atom is 0.387 e. The minimum atomic E-state index is -3.01. The molecule has 142 valence electrons. The lowest BCUT2D eigenvalue weighted by molar-refractivity contribution is -0.0512. The fourth-order valence-corrected chi connectivity index (χ4v) is 2.92. The Morgan fingerprint density at radius 2 is 1.96 bits per heavy atom. The predicted molar refractivity (Wildman–Crippen MR) is 99.8 cm³/mol. The highest BCUT2D eigenvalue weighted by Crippen LogP contribution is 2.30.